The average Bonchev–Trinajstić information content (AvgIpc) is 2.86. The number of nitrogens with one attached hydrogen (secondary N) is 1. The highest BCUT2D eigenvalue weighted by Crippen LogP contribution is 2.34. The number of rotatable bonds is 7. The first-order chi connectivity index (χ1) is 16.3. The number of amides is 1. The van der Waals surface area contributed by atoms with E-state index < -0.39 is 15.9 Å². The number of hydrogen-bond donors (Lipinski definition) is 1. The number of sulfonamides is 1. The van der Waals surface area contributed by atoms with Crippen LogP contribution in [0.3, 0.4) is 0 Å². The van der Waals surface area contributed by atoms with E-state index in [9.17, 15) is 13.2 Å². The van der Waals surface area contributed by atoms with E-state index in [1.807, 2.05) is 18.2 Å². The number of halogens is 2. The number of hydrogen-bond acceptors (Lipinski definition) is 4. The fourth-order valence-electron chi connectivity index (χ4n) is 4.87. The molecule has 2 aliphatic rings. The molecule has 2 saturated heterocycles. The van der Waals surface area contributed by atoms with Crippen molar-refractivity contribution in [1.29, 1.82) is 0 Å². The molecule has 0 bridgehead atoms. The zero-order valence-electron chi connectivity index (χ0n) is 19.0. The topological polar surface area (TPSA) is 75.7 Å². The first-order valence-electron chi connectivity index (χ1n) is 11.6. The Balaban J connectivity index is 1.42. The van der Waals surface area contributed by atoms with Crippen molar-refractivity contribution in [1.82, 2.24) is 9.62 Å². The van der Waals surface area contributed by atoms with Gasteiger partial charge >= 0.3 is 0 Å². The summed E-state index contributed by atoms with van der Waals surface area (Å²) in [7, 11) is -3.67. The predicted molar refractivity (Wildman–Crippen MR) is 135 cm³/mol. The van der Waals surface area contributed by atoms with Crippen molar-refractivity contribution in [2.45, 2.75) is 36.9 Å². The summed E-state index contributed by atoms with van der Waals surface area (Å²) >= 11 is 12.4. The highest BCUT2D eigenvalue weighted by atomic mass is 35.5. The van der Waals surface area contributed by atoms with Crippen LogP contribution in [0.25, 0.3) is 0 Å². The Hall–Kier alpha value is -1.64. The summed E-state index contributed by atoms with van der Waals surface area (Å²) in [5, 5.41) is 3.79. The standard InChI is InChI=1S/C25H30Cl2N2O4S/c26-22-9-4-10-23(27)21(22)17-34(31,32)29-13-5-6-19(16-29)24(30)28-18-25(11-14-33-15-12-25)20-7-2-1-3-8-20/h1-4,7-10,19H,5-6,11-18H2,(H,28,30)/t19-/m1/s1. The molecule has 4 rings (SSSR count). The molecular formula is C25H30Cl2N2O4S. The molecule has 184 valence electrons. The van der Waals surface area contributed by atoms with Gasteiger partial charge in [0.2, 0.25) is 15.9 Å². The van der Waals surface area contributed by atoms with Crippen LogP contribution in [0, 0.1) is 5.92 Å². The Labute approximate surface area is 211 Å². The van der Waals surface area contributed by atoms with Crippen molar-refractivity contribution in [3.05, 3.63) is 69.7 Å². The van der Waals surface area contributed by atoms with Crippen molar-refractivity contribution >= 4 is 39.1 Å². The van der Waals surface area contributed by atoms with Crippen LogP contribution in [0.2, 0.25) is 10.0 Å². The minimum atomic E-state index is -3.67. The fraction of sp³-hybridized carbons (Fsp3) is 0.480. The second-order valence-corrected chi connectivity index (χ2v) is 11.9. The van der Waals surface area contributed by atoms with Crippen molar-refractivity contribution in [2.24, 2.45) is 5.92 Å². The summed E-state index contributed by atoms with van der Waals surface area (Å²) in [6.45, 7) is 2.38. The molecule has 2 aliphatic heterocycles. The van der Waals surface area contributed by atoms with Gasteiger partial charge in [-0.25, -0.2) is 12.7 Å². The number of carbonyl (C=O) groups is 1. The molecule has 2 aromatic rings. The zero-order chi connectivity index (χ0) is 24.2. The molecule has 0 spiro atoms. The van der Waals surface area contributed by atoms with Gasteiger partial charge in [0.05, 0.1) is 11.7 Å². The SMILES string of the molecule is O=C(NCC1(c2ccccc2)CCOCC1)[C@@H]1CCCN(S(=O)(=O)Cc2c(Cl)cccc2Cl)C1. The molecule has 2 aromatic carbocycles. The number of ether oxygens (including phenoxy) is 1. The summed E-state index contributed by atoms with van der Waals surface area (Å²) in [6.07, 6.45) is 2.96. The maximum Gasteiger partial charge on any atom is 0.224 e. The highest BCUT2D eigenvalue weighted by molar-refractivity contribution is 7.88. The Bertz CT molecular complexity index is 1080. The van der Waals surface area contributed by atoms with Crippen LogP contribution in [0.15, 0.2) is 48.5 Å². The van der Waals surface area contributed by atoms with Crippen LogP contribution in [-0.4, -0.2) is 51.5 Å². The molecule has 1 atom stereocenters. The lowest BCUT2D eigenvalue weighted by Crippen LogP contribution is -2.49. The van der Waals surface area contributed by atoms with Gasteiger partial charge in [-0.05, 0) is 43.4 Å². The van der Waals surface area contributed by atoms with Gasteiger partial charge in [0.15, 0.2) is 0 Å². The van der Waals surface area contributed by atoms with Crippen LogP contribution in [0.5, 0.6) is 0 Å². The lowest BCUT2D eigenvalue weighted by Gasteiger charge is -2.38. The third kappa shape index (κ3) is 5.77. The van der Waals surface area contributed by atoms with Gasteiger partial charge in [0.1, 0.15) is 0 Å². The summed E-state index contributed by atoms with van der Waals surface area (Å²) < 4.78 is 33.2. The summed E-state index contributed by atoms with van der Waals surface area (Å²) in [5.74, 6) is -0.771. The third-order valence-electron chi connectivity index (χ3n) is 6.97. The van der Waals surface area contributed by atoms with Crippen LogP contribution in [0.1, 0.15) is 36.8 Å². The normalized spacial score (nSPS) is 21.2. The monoisotopic (exact) mass is 524 g/mol. The predicted octanol–water partition coefficient (Wildman–Crippen LogP) is 4.40. The maximum absolute atomic E-state index is 13.1. The summed E-state index contributed by atoms with van der Waals surface area (Å²) in [5.41, 5.74) is 1.42. The number of nitrogens with zero attached hydrogens (tertiary/aromatic N) is 1. The van der Waals surface area contributed by atoms with E-state index >= 15 is 0 Å². The van der Waals surface area contributed by atoms with Gasteiger partial charge in [0, 0.05) is 53.9 Å². The lowest BCUT2D eigenvalue weighted by molar-refractivity contribution is -0.126. The fourth-order valence-corrected chi connectivity index (χ4v) is 7.24. The van der Waals surface area contributed by atoms with Crippen molar-refractivity contribution in [3.63, 3.8) is 0 Å². The molecule has 6 nitrogen and oxygen atoms in total. The molecule has 2 fully saturated rings. The second kappa shape index (κ2) is 11.0. The van der Waals surface area contributed by atoms with Crippen molar-refractivity contribution in [3.8, 4) is 0 Å². The molecule has 0 unspecified atom stereocenters. The first kappa shape index (κ1) is 25.5. The largest absolute Gasteiger partial charge is 0.381 e. The van der Waals surface area contributed by atoms with E-state index in [0.29, 0.717) is 54.8 Å². The van der Waals surface area contributed by atoms with E-state index in [2.05, 4.69) is 17.4 Å². The molecule has 0 aliphatic carbocycles. The van der Waals surface area contributed by atoms with Crippen LogP contribution < -0.4 is 5.32 Å². The van der Waals surface area contributed by atoms with Gasteiger partial charge in [-0.3, -0.25) is 4.79 Å². The molecule has 0 aromatic heterocycles. The first-order valence-corrected chi connectivity index (χ1v) is 14.0. The van der Waals surface area contributed by atoms with Gasteiger partial charge in [-0.2, -0.15) is 0 Å². The molecule has 1 N–H and O–H groups in total. The van der Waals surface area contributed by atoms with Gasteiger partial charge in [-0.15, -0.1) is 0 Å². The smallest absolute Gasteiger partial charge is 0.224 e. The second-order valence-electron chi connectivity index (χ2n) is 9.13. The zero-order valence-corrected chi connectivity index (χ0v) is 21.3. The highest BCUT2D eigenvalue weighted by Gasteiger charge is 2.37. The van der Waals surface area contributed by atoms with Crippen LogP contribution >= 0.6 is 23.2 Å². The minimum Gasteiger partial charge on any atom is -0.381 e. The number of piperidine rings is 1. The third-order valence-corrected chi connectivity index (χ3v) is 9.45. The maximum atomic E-state index is 13.1. The van der Waals surface area contributed by atoms with Crippen LogP contribution in [0.4, 0.5) is 0 Å². The van der Waals surface area contributed by atoms with Crippen molar-refractivity contribution < 1.29 is 17.9 Å². The molecule has 2 heterocycles. The molecule has 9 heteroatoms. The van der Waals surface area contributed by atoms with Gasteiger partial charge in [0.25, 0.3) is 0 Å². The van der Waals surface area contributed by atoms with E-state index in [-0.39, 0.29) is 23.6 Å². The lowest BCUT2D eigenvalue weighted by atomic mass is 9.74. The Morgan fingerprint density at radius 1 is 1.06 bits per heavy atom. The molecule has 34 heavy (non-hydrogen) atoms. The molecule has 0 saturated carbocycles. The van der Waals surface area contributed by atoms with Crippen LogP contribution in [-0.2, 0) is 30.7 Å². The van der Waals surface area contributed by atoms with E-state index in [1.54, 1.807) is 18.2 Å². The molecule has 1 amide bonds. The minimum absolute atomic E-state index is 0.0996. The summed E-state index contributed by atoms with van der Waals surface area (Å²) in [6, 6.07) is 15.2. The number of carbonyl (C=O) groups excluding carboxylic acids is 1. The van der Waals surface area contributed by atoms with Gasteiger partial charge < -0.3 is 10.1 Å². The van der Waals surface area contributed by atoms with E-state index in [4.69, 9.17) is 27.9 Å². The Morgan fingerprint density at radius 2 is 1.74 bits per heavy atom. The number of benzene rings is 2. The average molecular weight is 525 g/mol. The molecule has 0 radical (unpaired) electrons. The quantitative estimate of drug-likeness (QED) is 0.582. The van der Waals surface area contributed by atoms with Crippen molar-refractivity contribution in [2.75, 3.05) is 32.8 Å². The summed E-state index contributed by atoms with van der Waals surface area (Å²) in [4.78, 5) is 13.1. The Morgan fingerprint density at radius 3 is 2.41 bits per heavy atom. The molecular weight excluding hydrogens is 495 g/mol. The Kier molecular flexibility index (Phi) is 8.20. The van der Waals surface area contributed by atoms with Gasteiger partial charge in [-0.1, -0.05) is 59.6 Å². The van der Waals surface area contributed by atoms with E-state index in [1.165, 1.54) is 9.87 Å². The van der Waals surface area contributed by atoms with E-state index in [0.717, 1.165) is 12.8 Å².